The lowest BCUT2D eigenvalue weighted by molar-refractivity contribution is -0.124. The van der Waals surface area contributed by atoms with Crippen LogP contribution in [0.3, 0.4) is 0 Å². The molecular weight excluding hydrogens is 251 g/mol. The highest BCUT2D eigenvalue weighted by molar-refractivity contribution is 14.1. The van der Waals surface area contributed by atoms with E-state index in [1.165, 1.54) is 30.1 Å². The van der Waals surface area contributed by atoms with Crippen molar-refractivity contribution in [3.63, 3.8) is 0 Å². The predicted octanol–water partition coefficient (Wildman–Crippen LogP) is 2.77. The summed E-state index contributed by atoms with van der Waals surface area (Å²) in [6.45, 7) is 2.33. The molecular formula is C9H15IO. The van der Waals surface area contributed by atoms with Crippen LogP contribution in [0.5, 0.6) is 0 Å². The minimum atomic E-state index is 0.343. The summed E-state index contributed by atoms with van der Waals surface area (Å²) < 4.78 is 7.21. The Morgan fingerprint density at radius 2 is 2.18 bits per heavy atom. The molecule has 0 N–H and O–H groups in total. The Labute approximate surface area is 82.0 Å². The monoisotopic (exact) mass is 266 g/mol. The standard InChI is InChI=1S/C9H15IO/c1-7-2-4-9(7)5-3-8(6-10)11-9/h7-8H,2-6H2,1H3. The molecule has 1 saturated carbocycles. The Morgan fingerprint density at radius 3 is 2.45 bits per heavy atom. The SMILES string of the molecule is CC1CCC12CCC(CI)O2. The van der Waals surface area contributed by atoms with Gasteiger partial charge >= 0.3 is 0 Å². The van der Waals surface area contributed by atoms with Crippen LogP contribution in [0, 0.1) is 5.92 Å². The van der Waals surface area contributed by atoms with Gasteiger partial charge in [0.25, 0.3) is 0 Å². The van der Waals surface area contributed by atoms with Gasteiger partial charge in [0.15, 0.2) is 0 Å². The first-order valence-electron chi connectivity index (χ1n) is 4.50. The molecule has 0 bridgehead atoms. The van der Waals surface area contributed by atoms with Crippen LogP contribution in [0.4, 0.5) is 0 Å². The molecule has 0 amide bonds. The van der Waals surface area contributed by atoms with Crippen molar-refractivity contribution in [3.05, 3.63) is 0 Å². The molecule has 2 aliphatic rings. The maximum absolute atomic E-state index is 6.04. The van der Waals surface area contributed by atoms with E-state index in [-0.39, 0.29) is 0 Å². The molecule has 11 heavy (non-hydrogen) atoms. The Kier molecular flexibility index (Phi) is 2.17. The fourth-order valence-electron chi connectivity index (χ4n) is 2.27. The van der Waals surface area contributed by atoms with Gasteiger partial charge in [0.05, 0.1) is 11.7 Å². The molecule has 0 aromatic heterocycles. The Morgan fingerprint density at radius 1 is 1.45 bits per heavy atom. The van der Waals surface area contributed by atoms with Crippen molar-refractivity contribution in [2.75, 3.05) is 4.43 Å². The van der Waals surface area contributed by atoms with E-state index in [2.05, 4.69) is 29.5 Å². The minimum Gasteiger partial charge on any atom is -0.371 e. The van der Waals surface area contributed by atoms with Gasteiger partial charge in [-0.1, -0.05) is 29.5 Å². The average molecular weight is 266 g/mol. The maximum atomic E-state index is 6.04. The Bertz CT molecular complexity index is 160. The van der Waals surface area contributed by atoms with Crippen LogP contribution in [0.25, 0.3) is 0 Å². The first-order chi connectivity index (χ1) is 5.27. The van der Waals surface area contributed by atoms with Crippen molar-refractivity contribution < 1.29 is 4.74 Å². The van der Waals surface area contributed by atoms with Gasteiger partial charge in [-0.15, -0.1) is 0 Å². The second-order valence-corrected chi connectivity index (χ2v) is 4.82. The van der Waals surface area contributed by atoms with Gasteiger partial charge < -0.3 is 4.74 Å². The van der Waals surface area contributed by atoms with Gasteiger partial charge in [-0.2, -0.15) is 0 Å². The van der Waals surface area contributed by atoms with E-state index in [1.807, 2.05) is 0 Å². The van der Waals surface area contributed by atoms with E-state index in [1.54, 1.807) is 0 Å². The lowest BCUT2D eigenvalue weighted by Gasteiger charge is -2.44. The number of hydrogen-bond acceptors (Lipinski definition) is 1. The second-order valence-electron chi connectivity index (χ2n) is 3.94. The summed E-state index contributed by atoms with van der Waals surface area (Å²) in [5.41, 5.74) is 0.343. The smallest absolute Gasteiger partial charge is 0.0713 e. The molecule has 0 aromatic rings. The Hall–Kier alpha value is 0.690. The van der Waals surface area contributed by atoms with Crippen molar-refractivity contribution in [3.8, 4) is 0 Å². The van der Waals surface area contributed by atoms with Crippen LogP contribution in [0.1, 0.15) is 32.6 Å². The van der Waals surface area contributed by atoms with Crippen LogP contribution < -0.4 is 0 Å². The van der Waals surface area contributed by atoms with Crippen molar-refractivity contribution in [2.24, 2.45) is 5.92 Å². The fourth-order valence-corrected chi connectivity index (χ4v) is 2.89. The number of alkyl halides is 1. The zero-order valence-corrected chi connectivity index (χ0v) is 9.13. The van der Waals surface area contributed by atoms with E-state index in [9.17, 15) is 0 Å². The summed E-state index contributed by atoms with van der Waals surface area (Å²) in [5, 5.41) is 0. The quantitative estimate of drug-likeness (QED) is 0.524. The third-order valence-corrected chi connectivity index (χ3v) is 4.34. The first-order valence-corrected chi connectivity index (χ1v) is 6.03. The molecule has 0 radical (unpaired) electrons. The summed E-state index contributed by atoms with van der Waals surface area (Å²) in [7, 11) is 0. The Balaban J connectivity index is 1.97. The number of hydrogen-bond donors (Lipinski definition) is 0. The lowest BCUT2D eigenvalue weighted by Crippen LogP contribution is -2.45. The van der Waals surface area contributed by atoms with Crippen LogP contribution in [-0.4, -0.2) is 16.1 Å². The van der Waals surface area contributed by atoms with Gasteiger partial charge in [0.1, 0.15) is 0 Å². The topological polar surface area (TPSA) is 9.23 Å². The van der Waals surface area contributed by atoms with E-state index < -0.39 is 0 Å². The highest BCUT2D eigenvalue weighted by Crippen LogP contribution is 2.49. The number of halogens is 1. The predicted molar refractivity (Wildman–Crippen MR) is 54.1 cm³/mol. The largest absolute Gasteiger partial charge is 0.371 e. The third-order valence-electron chi connectivity index (χ3n) is 3.36. The van der Waals surface area contributed by atoms with Crippen LogP contribution in [0.15, 0.2) is 0 Å². The molecule has 1 heterocycles. The summed E-state index contributed by atoms with van der Waals surface area (Å²) in [6.07, 6.45) is 5.89. The number of rotatable bonds is 1. The van der Waals surface area contributed by atoms with Gasteiger partial charge in [-0.05, 0) is 31.6 Å². The van der Waals surface area contributed by atoms with Crippen molar-refractivity contribution in [1.82, 2.24) is 0 Å². The molecule has 1 aliphatic carbocycles. The normalized spacial score (nSPS) is 49.6. The molecule has 1 saturated heterocycles. The third kappa shape index (κ3) is 1.22. The summed E-state index contributed by atoms with van der Waals surface area (Å²) in [6, 6.07) is 0. The molecule has 2 rings (SSSR count). The molecule has 1 aliphatic heterocycles. The summed E-state index contributed by atoms with van der Waals surface area (Å²) in [5.74, 6) is 0.829. The maximum Gasteiger partial charge on any atom is 0.0713 e. The highest BCUT2D eigenvalue weighted by Gasteiger charge is 2.49. The molecule has 1 spiro atoms. The molecule has 64 valence electrons. The van der Waals surface area contributed by atoms with Gasteiger partial charge in [-0.25, -0.2) is 0 Å². The molecule has 1 nitrogen and oxygen atoms in total. The van der Waals surface area contributed by atoms with Gasteiger partial charge in [0.2, 0.25) is 0 Å². The van der Waals surface area contributed by atoms with Crippen LogP contribution in [0.2, 0.25) is 0 Å². The lowest BCUT2D eigenvalue weighted by atomic mass is 9.69. The molecule has 2 heteroatoms. The average Bonchev–Trinajstić information content (AvgIpc) is 2.47. The molecule has 3 atom stereocenters. The van der Waals surface area contributed by atoms with Crippen LogP contribution >= 0.6 is 22.6 Å². The van der Waals surface area contributed by atoms with Crippen molar-refractivity contribution in [2.45, 2.75) is 44.3 Å². The van der Waals surface area contributed by atoms with Crippen molar-refractivity contribution >= 4 is 22.6 Å². The molecule has 3 unspecified atom stereocenters. The summed E-state index contributed by atoms with van der Waals surface area (Å²) >= 11 is 2.43. The second kappa shape index (κ2) is 2.87. The highest BCUT2D eigenvalue weighted by atomic mass is 127. The number of ether oxygens (including phenoxy) is 1. The molecule has 0 aromatic carbocycles. The summed E-state index contributed by atoms with van der Waals surface area (Å²) in [4.78, 5) is 0. The minimum absolute atomic E-state index is 0.343. The molecule has 2 fully saturated rings. The van der Waals surface area contributed by atoms with Gasteiger partial charge in [0, 0.05) is 4.43 Å². The van der Waals surface area contributed by atoms with Gasteiger partial charge in [-0.3, -0.25) is 0 Å². The zero-order chi connectivity index (χ0) is 7.90. The van der Waals surface area contributed by atoms with E-state index in [0.717, 1.165) is 5.92 Å². The fraction of sp³-hybridized carbons (Fsp3) is 1.00. The van der Waals surface area contributed by atoms with Crippen LogP contribution in [-0.2, 0) is 4.74 Å². The van der Waals surface area contributed by atoms with E-state index in [0.29, 0.717) is 11.7 Å². The zero-order valence-electron chi connectivity index (χ0n) is 6.98. The van der Waals surface area contributed by atoms with E-state index in [4.69, 9.17) is 4.74 Å². The van der Waals surface area contributed by atoms with Crippen molar-refractivity contribution in [1.29, 1.82) is 0 Å². The first kappa shape index (κ1) is 8.30. The van der Waals surface area contributed by atoms with E-state index >= 15 is 0 Å².